The average Bonchev–Trinajstić information content (AvgIpc) is 3.43. The highest BCUT2D eigenvalue weighted by Gasteiger charge is 2.46. The van der Waals surface area contributed by atoms with Gasteiger partial charge in [-0.25, -0.2) is 0 Å². The molecule has 0 saturated carbocycles. The van der Waals surface area contributed by atoms with Crippen molar-refractivity contribution < 1.29 is 0 Å². The molecule has 0 amide bonds. The lowest BCUT2D eigenvalue weighted by molar-refractivity contribution is 0.601. The third-order valence-corrected chi connectivity index (χ3v) is 11.2. The summed E-state index contributed by atoms with van der Waals surface area (Å²) in [6.45, 7) is 9.70. The van der Waals surface area contributed by atoms with Crippen LogP contribution in [0.1, 0.15) is 72.2 Å². The molecule has 2 aliphatic rings. The van der Waals surface area contributed by atoms with E-state index in [0.717, 1.165) is 8.95 Å². The van der Waals surface area contributed by atoms with E-state index in [2.05, 4.69) is 193 Å². The average molecular weight is 723 g/mol. The van der Waals surface area contributed by atoms with Gasteiger partial charge in [-0.3, -0.25) is 0 Å². The minimum Gasteiger partial charge on any atom is -0.0616 e. The van der Waals surface area contributed by atoms with Crippen LogP contribution in [0.3, 0.4) is 0 Å². The summed E-state index contributed by atoms with van der Waals surface area (Å²) in [7, 11) is 0. The molecule has 0 spiro atoms. The largest absolute Gasteiger partial charge is 0.0616 e. The van der Waals surface area contributed by atoms with E-state index in [4.69, 9.17) is 0 Å². The Morgan fingerprint density at radius 1 is 0.457 bits per heavy atom. The molecule has 2 heteroatoms. The van der Waals surface area contributed by atoms with E-state index >= 15 is 0 Å². The molecule has 0 atom stereocenters. The molecule has 0 N–H and O–H groups in total. The van der Waals surface area contributed by atoms with Crippen LogP contribution in [0.4, 0.5) is 0 Å². The van der Waals surface area contributed by atoms with Crippen molar-refractivity contribution in [2.24, 2.45) is 0 Å². The lowest BCUT2D eigenvalue weighted by Gasteiger charge is -2.31. The van der Waals surface area contributed by atoms with Crippen molar-refractivity contribution in [3.63, 3.8) is 0 Å². The predicted molar refractivity (Wildman–Crippen MR) is 205 cm³/mol. The maximum atomic E-state index is 3.57. The smallest absolute Gasteiger partial charge is 0.0175 e. The van der Waals surface area contributed by atoms with Crippen LogP contribution in [-0.2, 0) is 10.8 Å². The zero-order valence-electron chi connectivity index (χ0n) is 26.5. The van der Waals surface area contributed by atoms with E-state index in [-0.39, 0.29) is 10.8 Å². The normalized spacial score (nSPS) is 15.3. The molecule has 0 unspecified atom stereocenters. The summed E-state index contributed by atoms with van der Waals surface area (Å²) in [5.41, 5.74) is 15.9. The molecule has 2 aliphatic carbocycles. The number of hydrogen-bond acceptors (Lipinski definition) is 0. The first kappa shape index (κ1) is 29.4. The number of rotatable bonds is 4. The summed E-state index contributed by atoms with van der Waals surface area (Å²) in [6.07, 6.45) is 8.96. The Morgan fingerprint density at radius 2 is 0.957 bits per heavy atom. The molecule has 6 aromatic rings. The van der Waals surface area contributed by atoms with Gasteiger partial charge in [-0.15, -0.1) is 0 Å². The third kappa shape index (κ3) is 4.61. The lowest BCUT2D eigenvalue weighted by atomic mass is 9.72. The fraction of sp³-hybridized carbons (Fsp3) is 0.136. The second kappa shape index (κ2) is 10.8. The quantitative estimate of drug-likeness (QED) is 0.159. The molecular formula is C44H34Br2. The van der Waals surface area contributed by atoms with Crippen molar-refractivity contribution in [1.82, 2.24) is 0 Å². The maximum absolute atomic E-state index is 3.57. The maximum Gasteiger partial charge on any atom is 0.0175 e. The Balaban J connectivity index is 1.26. The van der Waals surface area contributed by atoms with Crippen molar-refractivity contribution in [2.75, 3.05) is 0 Å². The highest BCUT2D eigenvalue weighted by molar-refractivity contribution is 9.10. The van der Waals surface area contributed by atoms with Crippen LogP contribution in [0.15, 0.2) is 118 Å². The summed E-state index contributed by atoms with van der Waals surface area (Å²) in [4.78, 5) is 0. The van der Waals surface area contributed by atoms with Crippen molar-refractivity contribution in [3.05, 3.63) is 163 Å². The summed E-state index contributed by atoms with van der Waals surface area (Å²) in [5, 5.41) is 2.62. The predicted octanol–water partition coefficient (Wildman–Crippen LogP) is 13.3. The van der Waals surface area contributed by atoms with Crippen LogP contribution < -0.4 is 0 Å². The van der Waals surface area contributed by atoms with E-state index in [1.165, 1.54) is 77.5 Å². The summed E-state index contributed by atoms with van der Waals surface area (Å²) >= 11 is 7.11. The highest BCUT2D eigenvalue weighted by Crippen LogP contribution is 2.60. The molecule has 0 heterocycles. The molecule has 6 aromatic carbocycles. The van der Waals surface area contributed by atoms with Gasteiger partial charge < -0.3 is 0 Å². The Kier molecular flexibility index (Phi) is 6.90. The van der Waals surface area contributed by atoms with E-state index < -0.39 is 0 Å². The number of benzene rings is 6. The van der Waals surface area contributed by atoms with Gasteiger partial charge in [-0.2, -0.15) is 0 Å². The van der Waals surface area contributed by atoms with Gasteiger partial charge in [-0.05, 0) is 108 Å². The SMILES string of the molecule is CC1(C)c2cc(C=Cc3ccc(Br)cc3)ccc2-c2ccc3c(c21)C(C)(C)c1cc(C=Cc2ccc(Br)cc2)c2ccccc2c1-3. The number of halogens is 2. The van der Waals surface area contributed by atoms with E-state index in [0.29, 0.717) is 0 Å². The molecule has 0 saturated heterocycles. The van der Waals surface area contributed by atoms with Crippen LogP contribution in [-0.4, -0.2) is 0 Å². The molecule has 0 bridgehead atoms. The first-order valence-corrected chi connectivity index (χ1v) is 17.5. The molecular weight excluding hydrogens is 688 g/mol. The second-order valence-corrected chi connectivity index (χ2v) is 15.5. The zero-order chi connectivity index (χ0) is 31.8. The van der Waals surface area contributed by atoms with E-state index in [1.54, 1.807) is 0 Å². The summed E-state index contributed by atoms with van der Waals surface area (Å²) in [6, 6.07) is 40.2. The van der Waals surface area contributed by atoms with Crippen molar-refractivity contribution >= 4 is 66.9 Å². The monoisotopic (exact) mass is 720 g/mol. The van der Waals surface area contributed by atoms with Gasteiger partial charge in [0.15, 0.2) is 0 Å². The molecule has 224 valence electrons. The topological polar surface area (TPSA) is 0 Å². The molecule has 0 aliphatic heterocycles. The van der Waals surface area contributed by atoms with Gasteiger partial charge in [-0.1, -0.05) is 163 Å². The first-order chi connectivity index (χ1) is 22.1. The molecule has 0 nitrogen and oxygen atoms in total. The Morgan fingerprint density at radius 3 is 1.63 bits per heavy atom. The fourth-order valence-corrected chi connectivity index (χ4v) is 8.40. The van der Waals surface area contributed by atoms with Crippen LogP contribution >= 0.6 is 31.9 Å². The summed E-state index contributed by atoms with van der Waals surface area (Å²) < 4.78 is 2.19. The lowest BCUT2D eigenvalue weighted by Crippen LogP contribution is -2.24. The second-order valence-electron chi connectivity index (χ2n) is 13.7. The third-order valence-electron chi connectivity index (χ3n) is 10.1. The van der Waals surface area contributed by atoms with Crippen molar-refractivity contribution in [1.29, 1.82) is 0 Å². The fourth-order valence-electron chi connectivity index (χ4n) is 7.87. The van der Waals surface area contributed by atoms with Gasteiger partial charge in [0.2, 0.25) is 0 Å². The molecule has 0 radical (unpaired) electrons. The first-order valence-electron chi connectivity index (χ1n) is 15.9. The Bertz CT molecular complexity index is 2240. The molecule has 0 fully saturated rings. The van der Waals surface area contributed by atoms with Gasteiger partial charge in [0, 0.05) is 19.8 Å². The number of fused-ring (bicyclic) bond motifs is 9. The van der Waals surface area contributed by atoms with E-state index in [9.17, 15) is 0 Å². The van der Waals surface area contributed by atoms with Gasteiger partial charge in [0.25, 0.3) is 0 Å². The van der Waals surface area contributed by atoms with Gasteiger partial charge >= 0.3 is 0 Å². The van der Waals surface area contributed by atoms with Gasteiger partial charge in [0.1, 0.15) is 0 Å². The Hall–Kier alpha value is -3.98. The van der Waals surface area contributed by atoms with Crippen molar-refractivity contribution in [2.45, 2.75) is 38.5 Å². The molecule has 46 heavy (non-hydrogen) atoms. The molecule has 0 aromatic heterocycles. The van der Waals surface area contributed by atoms with Crippen LogP contribution in [0.2, 0.25) is 0 Å². The van der Waals surface area contributed by atoms with Crippen molar-refractivity contribution in [3.8, 4) is 22.3 Å². The number of hydrogen-bond donors (Lipinski definition) is 0. The van der Waals surface area contributed by atoms with Crippen LogP contribution in [0.25, 0.3) is 57.3 Å². The van der Waals surface area contributed by atoms with E-state index in [1.807, 2.05) is 0 Å². The zero-order valence-corrected chi connectivity index (χ0v) is 29.6. The van der Waals surface area contributed by atoms with Crippen LogP contribution in [0, 0.1) is 0 Å². The highest BCUT2D eigenvalue weighted by atomic mass is 79.9. The molecule has 8 rings (SSSR count). The summed E-state index contributed by atoms with van der Waals surface area (Å²) in [5.74, 6) is 0. The minimum atomic E-state index is -0.149. The Labute approximate surface area is 288 Å². The minimum absolute atomic E-state index is 0.128. The van der Waals surface area contributed by atoms with Gasteiger partial charge in [0.05, 0.1) is 0 Å². The standard InChI is InChI=1S/C44H34Br2/c1-43(2)38-25-29(10-9-27-12-18-31(45)19-13-27)16-22-34(38)36-23-24-37-40-35-8-6-5-7-33(35)30(17-11-28-14-20-32(46)21-15-28)26-39(40)44(3,4)42(37)41(36)43/h5-26H,1-4H3. The van der Waals surface area contributed by atoms with Crippen LogP contribution in [0.5, 0.6) is 0 Å².